The highest BCUT2D eigenvalue weighted by atomic mass is 32.2. The fourth-order valence-electron chi connectivity index (χ4n) is 3.22. The number of hydrogen-bond acceptors (Lipinski definition) is 2. The second-order valence-electron chi connectivity index (χ2n) is 6.85. The van der Waals surface area contributed by atoms with Crippen molar-refractivity contribution in [3.8, 4) is 0 Å². The minimum absolute atomic E-state index is 0.347. The molecule has 5 nitrogen and oxygen atoms in total. The summed E-state index contributed by atoms with van der Waals surface area (Å²) in [6, 6.07) is 16.8. The summed E-state index contributed by atoms with van der Waals surface area (Å²) in [7, 11) is -0.740. The number of benzene rings is 2. The Morgan fingerprint density at radius 3 is 2.31 bits per heavy atom. The standard InChI is InChI=1S/C19H24BN3O2S/c1-16-9-11-18(12-10-16)26(24,25)23(15-17-7-5-4-6-8-17)20-19-21(2)13-14-22(19)3/h4-14H,15,20H2,1-3H3. The quantitative estimate of drug-likeness (QED) is 0.476. The lowest BCUT2D eigenvalue weighted by atomic mass is 9.92. The second kappa shape index (κ2) is 7.47. The van der Waals surface area contributed by atoms with Crippen LogP contribution in [0.5, 0.6) is 0 Å². The Labute approximate surface area is 155 Å². The van der Waals surface area contributed by atoms with E-state index in [9.17, 15) is 8.42 Å². The van der Waals surface area contributed by atoms with Crippen molar-refractivity contribution in [2.75, 3.05) is 0 Å². The van der Waals surface area contributed by atoms with E-state index >= 15 is 0 Å². The van der Waals surface area contributed by atoms with Crippen LogP contribution in [0, 0.1) is 6.92 Å². The highest BCUT2D eigenvalue weighted by Gasteiger charge is 2.23. The van der Waals surface area contributed by atoms with Crippen molar-refractivity contribution in [2.24, 2.45) is 14.1 Å². The highest BCUT2D eigenvalue weighted by molar-refractivity contribution is 7.90. The highest BCUT2D eigenvalue weighted by Crippen LogP contribution is 2.18. The molecule has 136 valence electrons. The molecular formula is C19H24BN3O2S. The van der Waals surface area contributed by atoms with E-state index in [1.165, 1.54) is 0 Å². The molecule has 0 N–H and O–H groups in total. The molecule has 0 unspecified atom stereocenters. The maximum absolute atomic E-state index is 13.3. The van der Waals surface area contributed by atoms with Gasteiger partial charge in [-0.3, -0.25) is 9.13 Å². The molecule has 2 aromatic carbocycles. The molecule has 0 radical (unpaired) electrons. The van der Waals surface area contributed by atoms with Gasteiger partial charge in [0.15, 0.2) is 7.41 Å². The summed E-state index contributed by atoms with van der Waals surface area (Å²) in [5.41, 5.74) is 3.07. The molecule has 0 aliphatic carbocycles. The van der Waals surface area contributed by atoms with Gasteiger partial charge in [0.1, 0.15) is 12.4 Å². The Kier molecular flexibility index (Phi) is 5.29. The van der Waals surface area contributed by atoms with E-state index < -0.39 is 17.4 Å². The molecule has 3 aromatic rings. The maximum Gasteiger partial charge on any atom is 0.208 e. The summed E-state index contributed by atoms with van der Waals surface area (Å²) < 4.78 is 32.3. The van der Waals surface area contributed by atoms with Crippen molar-refractivity contribution in [3.63, 3.8) is 0 Å². The third-order valence-corrected chi connectivity index (χ3v) is 6.96. The van der Waals surface area contributed by atoms with E-state index in [0.717, 1.165) is 16.9 Å². The first-order valence-corrected chi connectivity index (χ1v) is 10.2. The van der Waals surface area contributed by atoms with Crippen molar-refractivity contribution >= 4 is 23.2 Å². The van der Waals surface area contributed by atoms with Crippen LogP contribution in [-0.2, 0) is 30.7 Å². The van der Waals surface area contributed by atoms with Gasteiger partial charge in [-0.2, -0.15) is 0 Å². The molecule has 0 amide bonds. The fourth-order valence-corrected chi connectivity index (χ4v) is 4.78. The number of nitrogens with zero attached hydrogens (tertiary/aromatic N) is 3. The molecule has 0 spiro atoms. The van der Waals surface area contributed by atoms with E-state index in [-0.39, 0.29) is 0 Å². The zero-order valence-corrected chi connectivity index (χ0v) is 16.4. The Balaban J connectivity index is 2.00. The van der Waals surface area contributed by atoms with Gasteiger partial charge in [-0.05, 0) is 24.6 Å². The van der Waals surface area contributed by atoms with Crippen LogP contribution in [0.25, 0.3) is 0 Å². The lowest BCUT2D eigenvalue weighted by Gasteiger charge is -2.28. The first kappa shape index (κ1) is 18.4. The van der Waals surface area contributed by atoms with Crippen LogP contribution in [0.3, 0.4) is 0 Å². The van der Waals surface area contributed by atoms with E-state index in [2.05, 4.69) is 0 Å². The van der Waals surface area contributed by atoms with Gasteiger partial charge in [0, 0.05) is 6.54 Å². The normalized spacial score (nSPS) is 11.8. The zero-order chi connectivity index (χ0) is 18.7. The molecule has 0 bridgehead atoms. The summed E-state index contributed by atoms with van der Waals surface area (Å²) in [5.74, 6) is 0. The van der Waals surface area contributed by atoms with Gasteiger partial charge in [0.05, 0.1) is 24.7 Å². The first-order valence-electron chi connectivity index (χ1n) is 8.76. The lowest BCUT2D eigenvalue weighted by Crippen LogP contribution is -2.55. The van der Waals surface area contributed by atoms with Gasteiger partial charge in [0.2, 0.25) is 10.0 Å². The summed E-state index contributed by atoms with van der Waals surface area (Å²) in [5, 5.41) is 0. The van der Waals surface area contributed by atoms with Crippen molar-refractivity contribution in [1.82, 2.24) is 8.78 Å². The predicted octanol–water partition coefficient (Wildman–Crippen LogP) is 0.758. The largest absolute Gasteiger partial charge is 0.356 e. The number of hydrogen-bond donors (Lipinski definition) is 0. The topological polar surface area (TPSA) is 46.2 Å². The van der Waals surface area contributed by atoms with E-state index in [1.54, 1.807) is 16.3 Å². The molecule has 0 aliphatic heterocycles. The second-order valence-corrected chi connectivity index (χ2v) is 8.90. The predicted molar refractivity (Wildman–Crippen MR) is 105 cm³/mol. The average Bonchev–Trinajstić information content (AvgIpc) is 2.94. The molecular weight excluding hydrogens is 345 g/mol. The van der Waals surface area contributed by atoms with Crippen LogP contribution < -0.4 is 10.3 Å². The molecule has 0 saturated carbocycles. The minimum atomic E-state index is -3.56. The number of imidazole rings is 1. The van der Waals surface area contributed by atoms with E-state index in [0.29, 0.717) is 11.4 Å². The summed E-state index contributed by atoms with van der Waals surface area (Å²) >= 11 is 0. The van der Waals surface area contributed by atoms with Crippen LogP contribution in [0.15, 0.2) is 71.9 Å². The maximum atomic E-state index is 13.3. The van der Waals surface area contributed by atoms with Crippen LogP contribution in [-0.4, -0.2) is 24.6 Å². The van der Waals surface area contributed by atoms with Gasteiger partial charge in [-0.1, -0.05) is 48.0 Å². The fraction of sp³-hybridized carbons (Fsp3) is 0.211. The lowest BCUT2D eigenvalue weighted by molar-refractivity contribution is -0.653. The number of rotatable bonds is 6. The van der Waals surface area contributed by atoms with Gasteiger partial charge >= 0.3 is 0 Å². The van der Waals surface area contributed by atoms with Crippen LogP contribution in [0.4, 0.5) is 0 Å². The molecule has 0 fully saturated rings. The van der Waals surface area contributed by atoms with Crippen molar-refractivity contribution < 1.29 is 13.0 Å². The van der Waals surface area contributed by atoms with Crippen molar-refractivity contribution in [2.45, 2.75) is 18.4 Å². The summed E-state index contributed by atoms with van der Waals surface area (Å²) in [6.07, 6.45) is 3.91. The Bertz CT molecular complexity index is 964. The van der Waals surface area contributed by atoms with E-state index in [4.69, 9.17) is 0 Å². The molecule has 3 rings (SSSR count). The van der Waals surface area contributed by atoms with Gasteiger partial charge in [0.25, 0.3) is 0 Å². The Morgan fingerprint density at radius 1 is 1.08 bits per heavy atom. The monoisotopic (exact) mass is 369 g/mol. The third kappa shape index (κ3) is 3.89. The zero-order valence-electron chi connectivity index (χ0n) is 15.6. The van der Waals surface area contributed by atoms with E-state index in [1.807, 2.05) is 85.0 Å². The minimum Gasteiger partial charge on any atom is -0.356 e. The molecule has 1 heterocycles. The van der Waals surface area contributed by atoms with Crippen molar-refractivity contribution in [3.05, 3.63) is 78.1 Å². The van der Waals surface area contributed by atoms with Crippen LogP contribution in [0.1, 0.15) is 11.1 Å². The number of sulfonamides is 1. The summed E-state index contributed by atoms with van der Waals surface area (Å²) in [6.45, 7) is 2.33. The molecule has 0 saturated heterocycles. The van der Waals surface area contributed by atoms with Gasteiger partial charge < -0.3 is 4.22 Å². The molecule has 1 aromatic heterocycles. The molecule has 26 heavy (non-hydrogen) atoms. The molecule has 0 aliphatic rings. The molecule has 0 atom stereocenters. The van der Waals surface area contributed by atoms with Crippen LogP contribution >= 0.6 is 0 Å². The summed E-state index contributed by atoms with van der Waals surface area (Å²) in [4.78, 5) is 0.347. The van der Waals surface area contributed by atoms with Gasteiger partial charge in [-0.15, -0.1) is 0 Å². The first-order chi connectivity index (χ1) is 12.4. The third-order valence-electron chi connectivity index (χ3n) is 4.96. The SMILES string of the molecule is Cc1ccc(S(=O)(=O)N([BH2-]c2n(C)cc[n+]2C)Cc2ccccc2)cc1. The number of aryl methyl sites for hydroxylation is 3. The van der Waals surface area contributed by atoms with Crippen LogP contribution in [0.2, 0.25) is 0 Å². The van der Waals surface area contributed by atoms with Gasteiger partial charge in [-0.25, -0.2) is 8.42 Å². The Morgan fingerprint density at radius 2 is 1.73 bits per heavy atom. The molecule has 7 heteroatoms. The number of aromatic nitrogens is 2. The Hall–Kier alpha value is -2.38. The smallest absolute Gasteiger partial charge is 0.208 e. The average molecular weight is 369 g/mol. The van der Waals surface area contributed by atoms with Crippen molar-refractivity contribution in [1.29, 1.82) is 0 Å².